The number of hydrogen-bond donors (Lipinski definition) is 2. The molecule has 0 aromatic carbocycles. The summed E-state index contributed by atoms with van der Waals surface area (Å²) in [6, 6.07) is 7.63. The Morgan fingerprint density at radius 3 is 2.76 bits per heavy atom. The smallest absolute Gasteiger partial charge is 0.251 e. The van der Waals surface area contributed by atoms with Crippen molar-refractivity contribution in [2.24, 2.45) is 0 Å². The number of pyridine rings is 1. The van der Waals surface area contributed by atoms with Gasteiger partial charge in [-0.2, -0.15) is 0 Å². The van der Waals surface area contributed by atoms with Crippen LogP contribution in [0.4, 0.5) is 5.82 Å². The van der Waals surface area contributed by atoms with Gasteiger partial charge in [0.1, 0.15) is 5.82 Å². The third kappa shape index (κ3) is 4.54. The van der Waals surface area contributed by atoms with Gasteiger partial charge in [0.15, 0.2) is 0 Å². The first kappa shape index (κ1) is 16.0. The van der Waals surface area contributed by atoms with E-state index in [4.69, 9.17) is 0 Å². The van der Waals surface area contributed by atoms with Crippen molar-refractivity contribution in [3.63, 3.8) is 0 Å². The van der Waals surface area contributed by atoms with E-state index < -0.39 is 0 Å². The van der Waals surface area contributed by atoms with Crippen LogP contribution in [-0.2, 0) is 13.0 Å². The molecule has 0 saturated heterocycles. The lowest BCUT2D eigenvalue weighted by atomic mass is 10.2. The normalized spacial score (nSPS) is 10.4. The van der Waals surface area contributed by atoms with Crippen LogP contribution in [0.2, 0.25) is 0 Å². The van der Waals surface area contributed by atoms with Gasteiger partial charge in [-0.1, -0.05) is 6.92 Å². The van der Waals surface area contributed by atoms with Gasteiger partial charge in [-0.25, -0.2) is 4.98 Å². The maximum atomic E-state index is 12.3. The summed E-state index contributed by atoms with van der Waals surface area (Å²) in [7, 11) is 0. The fourth-order valence-electron chi connectivity index (χ4n) is 1.89. The Labute approximate surface area is 137 Å². The number of nitrogens with one attached hydrogen (secondary N) is 2. The molecular formula is C15H18BrN3OS. The molecule has 0 aliphatic carbocycles. The van der Waals surface area contributed by atoms with Crippen LogP contribution in [0.5, 0.6) is 0 Å². The number of carbonyl (C=O) groups is 1. The molecule has 0 spiro atoms. The number of nitrogens with zero attached hydrogens (tertiary/aromatic N) is 1. The summed E-state index contributed by atoms with van der Waals surface area (Å²) >= 11 is 5.04. The Bertz CT molecular complexity index is 627. The highest BCUT2D eigenvalue weighted by Gasteiger charge is 2.09. The average molecular weight is 368 g/mol. The summed E-state index contributed by atoms with van der Waals surface area (Å²) in [6.07, 6.45) is 0.803. The molecule has 0 unspecified atom stereocenters. The molecule has 2 heterocycles. The Hall–Kier alpha value is -1.40. The minimum Gasteiger partial charge on any atom is -0.370 e. The number of aromatic nitrogens is 1. The maximum Gasteiger partial charge on any atom is 0.251 e. The standard InChI is InChI=1S/C15H18BrN3OS/c1-3-11-7-10(8-14(19-11)17-4-2)15(20)18-9-12-5-6-13(16)21-12/h5-8H,3-4,9H2,1-2H3,(H,17,19)(H,18,20). The number of aryl methyl sites for hydroxylation is 1. The van der Waals surface area contributed by atoms with Crippen LogP contribution < -0.4 is 10.6 Å². The average Bonchev–Trinajstić information content (AvgIpc) is 2.90. The van der Waals surface area contributed by atoms with E-state index in [0.29, 0.717) is 12.1 Å². The first-order valence-corrected chi connectivity index (χ1v) is 8.50. The van der Waals surface area contributed by atoms with Crippen molar-refractivity contribution >= 4 is 39.0 Å². The van der Waals surface area contributed by atoms with Crippen molar-refractivity contribution in [3.8, 4) is 0 Å². The Kier molecular flexibility index (Phi) is 5.76. The second kappa shape index (κ2) is 7.56. The van der Waals surface area contributed by atoms with Crippen molar-refractivity contribution in [3.05, 3.63) is 44.2 Å². The highest BCUT2D eigenvalue weighted by atomic mass is 79.9. The van der Waals surface area contributed by atoms with Gasteiger partial charge in [-0.15, -0.1) is 11.3 Å². The summed E-state index contributed by atoms with van der Waals surface area (Å²) in [4.78, 5) is 17.8. The van der Waals surface area contributed by atoms with E-state index in [1.807, 2.05) is 32.0 Å². The molecule has 112 valence electrons. The minimum absolute atomic E-state index is 0.0734. The lowest BCUT2D eigenvalue weighted by molar-refractivity contribution is 0.0951. The molecule has 0 aliphatic heterocycles. The molecular weight excluding hydrogens is 350 g/mol. The molecule has 0 atom stereocenters. The van der Waals surface area contributed by atoms with E-state index in [-0.39, 0.29) is 5.91 Å². The highest BCUT2D eigenvalue weighted by Crippen LogP contribution is 2.22. The van der Waals surface area contributed by atoms with Crippen molar-refractivity contribution < 1.29 is 4.79 Å². The quantitative estimate of drug-likeness (QED) is 0.815. The van der Waals surface area contributed by atoms with Crippen molar-refractivity contribution in [2.45, 2.75) is 26.8 Å². The van der Waals surface area contributed by atoms with Crippen LogP contribution in [0.15, 0.2) is 28.1 Å². The Morgan fingerprint density at radius 2 is 2.14 bits per heavy atom. The van der Waals surface area contributed by atoms with Gasteiger partial charge in [-0.05, 0) is 53.5 Å². The predicted octanol–water partition coefficient (Wildman–Crippen LogP) is 3.83. The van der Waals surface area contributed by atoms with E-state index in [1.54, 1.807) is 17.4 Å². The van der Waals surface area contributed by atoms with Crippen LogP contribution in [0.25, 0.3) is 0 Å². The Morgan fingerprint density at radius 1 is 1.33 bits per heavy atom. The molecule has 4 nitrogen and oxygen atoms in total. The van der Waals surface area contributed by atoms with Crippen molar-refractivity contribution in [2.75, 3.05) is 11.9 Å². The molecule has 0 bridgehead atoms. The summed E-state index contributed by atoms with van der Waals surface area (Å²) in [5.41, 5.74) is 1.56. The van der Waals surface area contributed by atoms with Crippen LogP contribution in [0, 0.1) is 0 Å². The molecule has 6 heteroatoms. The monoisotopic (exact) mass is 367 g/mol. The van der Waals surface area contributed by atoms with E-state index in [1.165, 1.54) is 0 Å². The molecule has 0 aliphatic rings. The fourth-order valence-corrected chi connectivity index (χ4v) is 3.31. The van der Waals surface area contributed by atoms with Crippen molar-refractivity contribution in [1.82, 2.24) is 10.3 Å². The van der Waals surface area contributed by atoms with Gasteiger partial charge in [-0.3, -0.25) is 4.79 Å². The first-order valence-electron chi connectivity index (χ1n) is 6.89. The molecule has 0 saturated carbocycles. The lowest BCUT2D eigenvalue weighted by Crippen LogP contribution is -2.23. The predicted molar refractivity (Wildman–Crippen MR) is 91.0 cm³/mol. The second-order valence-corrected chi connectivity index (χ2v) is 7.05. The van der Waals surface area contributed by atoms with Crippen LogP contribution in [0.3, 0.4) is 0 Å². The number of amides is 1. The summed E-state index contributed by atoms with van der Waals surface area (Å²) in [5, 5.41) is 6.10. The van der Waals surface area contributed by atoms with Crippen LogP contribution in [0.1, 0.15) is 34.8 Å². The number of hydrogen-bond acceptors (Lipinski definition) is 4. The third-order valence-corrected chi connectivity index (χ3v) is 4.54. The van der Waals surface area contributed by atoms with Gasteiger partial charge in [0, 0.05) is 22.7 Å². The zero-order chi connectivity index (χ0) is 15.2. The second-order valence-electron chi connectivity index (χ2n) is 4.50. The van der Waals surface area contributed by atoms with Gasteiger partial charge in [0.05, 0.1) is 10.3 Å². The van der Waals surface area contributed by atoms with Crippen LogP contribution >= 0.6 is 27.3 Å². The molecule has 21 heavy (non-hydrogen) atoms. The largest absolute Gasteiger partial charge is 0.370 e. The maximum absolute atomic E-state index is 12.3. The highest BCUT2D eigenvalue weighted by molar-refractivity contribution is 9.11. The molecule has 0 fully saturated rings. The Balaban J connectivity index is 2.08. The summed E-state index contributed by atoms with van der Waals surface area (Å²) < 4.78 is 1.07. The van der Waals surface area contributed by atoms with Crippen LogP contribution in [-0.4, -0.2) is 17.4 Å². The SMILES string of the molecule is CCNc1cc(C(=O)NCc2ccc(Br)s2)cc(CC)n1. The van der Waals surface area contributed by atoms with Gasteiger partial charge < -0.3 is 10.6 Å². The van der Waals surface area contributed by atoms with Gasteiger partial charge >= 0.3 is 0 Å². The number of carbonyl (C=O) groups excluding carboxylic acids is 1. The molecule has 1 amide bonds. The van der Waals surface area contributed by atoms with Gasteiger partial charge in [0.25, 0.3) is 5.91 Å². The molecule has 0 radical (unpaired) electrons. The van der Waals surface area contributed by atoms with Crippen molar-refractivity contribution in [1.29, 1.82) is 0 Å². The molecule has 2 aromatic heterocycles. The number of rotatable bonds is 6. The van der Waals surface area contributed by atoms with Gasteiger partial charge in [0.2, 0.25) is 0 Å². The first-order chi connectivity index (χ1) is 10.1. The van der Waals surface area contributed by atoms with E-state index >= 15 is 0 Å². The van der Waals surface area contributed by atoms with E-state index in [9.17, 15) is 4.79 Å². The van der Waals surface area contributed by atoms with E-state index in [2.05, 4.69) is 31.5 Å². The lowest BCUT2D eigenvalue weighted by Gasteiger charge is -2.09. The zero-order valence-electron chi connectivity index (χ0n) is 12.1. The number of anilines is 1. The van der Waals surface area contributed by atoms with E-state index in [0.717, 1.165) is 33.1 Å². The number of halogens is 1. The fraction of sp³-hybridized carbons (Fsp3) is 0.333. The molecule has 2 aromatic rings. The molecule has 2 rings (SSSR count). The minimum atomic E-state index is -0.0734. The summed E-state index contributed by atoms with van der Waals surface area (Å²) in [5.74, 6) is 0.677. The molecule has 2 N–H and O–H groups in total. The zero-order valence-corrected chi connectivity index (χ0v) is 14.5. The summed E-state index contributed by atoms with van der Waals surface area (Å²) in [6.45, 7) is 5.36. The number of thiophene rings is 1. The topological polar surface area (TPSA) is 54.0 Å². The third-order valence-electron chi connectivity index (χ3n) is 2.91.